The largest absolute Gasteiger partial charge is 0.314 e. The predicted molar refractivity (Wildman–Crippen MR) is 113 cm³/mol. The summed E-state index contributed by atoms with van der Waals surface area (Å²) in [5.74, 6) is 0.385. The van der Waals surface area contributed by atoms with E-state index in [1.165, 1.54) is 4.90 Å². The van der Waals surface area contributed by atoms with Crippen LogP contribution < -0.4 is 10.5 Å². The SMILES string of the molecule is Cc1ccc2c(=O)[nH]c(CN(C)CC(=O)N(C)c3ccc(Cl)c(Cl)c3)nc2c1. The Morgan fingerprint density at radius 3 is 2.57 bits per heavy atom. The van der Waals surface area contributed by atoms with Crippen LogP contribution in [0.1, 0.15) is 11.4 Å². The van der Waals surface area contributed by atoms with Crippen molar-refractivity contribution < 1.29 is 4.79 Å². The number of nitrogens with one attached hydrogen (secondary N) is 1. The monoisotopic (exact) mass is 418 g/mol. The van der Waals surface area contributed by atoms with E-state index in [4.69, 9.17) is 23.2 Å². The van der Waals surface area contributed by atoms with Gasteiger partial charge in [-0.15, -0.1) is 0 Å². The molecule has 0 atom stereocenters. The Bertz CT molecular complexity index is 1100. The van der Waals surface area contributed by atoms with Gasteiger partial charge in [0.05, 0.1) is 34.0 Å². The number of hydrogen-bond acceptors (Lipinski definition) is 4. The molecule has 0 aliphatic carbocycles. The van der Waals surface area contributed by atoms with Crippen LogP contribution in [0.15, 0.2) is 41.2 Å². The molecule has 28 heavy (non-hydrogen) atoms. The zero-order valence-corrected chi connectivity index (χ0v) is 17.3. The fourth-order valence-corrected chi connectivity index (χ4v) is 3.15. The number of carbonyl (C=O) groups excluding carboxylic acids is 1. The molecule has 1 amide bonds. The highest BCUT2D eigenvalue weighted by atomic mass is 35.5. The van der Waals surface area contributed by atoms with Gasteiger partial charge in [0.2, 0.25) is 5.91 Å². The Morgan fingerprint density at radius 1 is 1.11 bits per heavy atom. The summed E-state index contributed by atoms with van der Waals surface area (Å²) in [4.78, 5) is 35.4. The predicted octanol–water partition coefficient (Wildman–Crippen LogP) is 3.63. The number of nitrogens with zero attached hydrogens (tertiary/aromatic N) is 3. The summed E-state index contributed by atoms with van der Waals surface area (Å²) in [6, 6.07) is 10.5. The summed E-state index contributed by atoms with van der Waals surface area (Å²) in [7, 11) is 3.47. The van der Waals surface area contributed by atoms with Crippen LogP contribution in [-0.2, 0) is 11.3 Å². The lowest BCUT2D eigenvalue weighted by molar-refractivity contribution is -0.119. The lowest BCUT2D eigenvalue weighted by atomic mass is 10.2. The van der Waals surface area contributed by atoms with E-state index in [0.717, 1.165) is 5.56 Å². The number of rotatable bonds is 5. The molecule has 3 rings (SSSR count). The number of H-pyrrole nitrogens is 1. The Morgan fingerprint density at radius 2 is 1.86 bits per heavy atom. The smallest absolute Gasteiger partial charge is 0.258 e. The number of carbonyl (C=O) groups is 1. The second kappa shape index (κ2) is 8.31. The van der Waals surface area contributed by atoms with Crippen LogP contribution in [-0.4, -0.2) is 41.4 Å². The maximum atomic E-state index is 12.6. The molecule has 0 bridgehead atoms. The van der Waals surface area contributed by atoms with Gasteiger partial charge in [0.1, 0.15) is 5.82 Å². The molecular weight excluding hydrogens is 399 g/mol. The number of aromatic amines is 1. The molecule has 2 aromatic carbocycles. The molecule has 0 saturated carbocycles. The molecule has 1 N–H and O–H groups in total. The van der Waals surface area contributed by atoms with Crippen molar-refractivity contribution in [3.05, 3.63) is 68.2 Å². The van der Waals surface area contributed by atoms with Crippen molar-refractivity contribution in [3.8, 4) is 0 Å². The zero-order valence-electron chi connectivity index (χ0n) is 15.8. The fourth-order valence-electron chi connectivity index (χ4n) is 2.86. The summed E-state index contributed by atoms with van der Waals surface area (Å²) < 4.78 is 0. The van der Waals surface area contributed by atoms with E-state index in [0.29, 0.717) is 39.0 Å². The number of aromatic nitrogens is 2. The number of hydrogen-bond donors (Lipinski definition) is 1. The molecule has 8 heteroatoms. The van der Waals surface area contributed by atoms with Gasteiger partial charge in [0.15, 0.2) is 0 Å². The van der Waals surface area contributed by atoms with Crippen LogP contribution in [0.25, 0.3) is 10.9 Å². The number of aryl methyl sites for hydroxylation is 1. The van der Waals surface area contributed by atoms with Crippen molar-refractivity contribution in [1.29, 1.82) is 0 Å². The second-order valence-corrected chi connectivity index (χ2v) is 7.57. The maximum absolute atomic E-state index is 12.6. The van der Waals surface area contributed by atoms with Crippen molar-refractivity contribution in [2.45, 2.75) is 13.5 Å². The summed E-state index contributed by atoms with van der Waals surface area (Å²) in [5.41, 5.74) is 2.14. The van der Waals surface area contributed by atoms with Crippen LogP contribution in [0.3, 0.4) is 0 Å². The molecule has 0 fully saturated rings. The lowest BCUT2D eigenvalue weighted by Crippen LogP contribution is -2.36. The van der Waals surface area contributed by atoms with Gasteiger partial charge in [0, 0.05) is 12.7 Å². The molecule has 6 nitrogen and oxygen atoms in total. The zero-order chi connectivity index (χ0) is 20.4. The molecule has 0 saturated heterocycles. The summed E-state index contributed by atoms with van der Waals surface area (Å²) in [6.07, 6.45) is 0. The fraction of sp³-hybridized carbons (Fsp3) is 0.250. The van der Waals surface area contributed by atoms with Crippen LogP contribution >= 0.6 is 23.2 Å². The maximum Gasteiger partial charge on any atom is 0.258 e. The first-order valence-electron chi connectivity index (χ1n) is 8.64. The lowest BCUT2D eigenvalue weighted by Gasteiger charge is -2.22. The number of anilines is 1. The third-order valence-corrected chi connectivity index (χ3v) is 5.14. The average Bonchev–Trinajstić information content (AvgIpc) is 2.62. The number of fused-ring (bicyclic) bond motifs is 1. The van der Waals surface area contributed by atoms with E-state index in [-0.39, 0.29) is 18.0 Å². The summed E-state index contributed by atoms with van der Waals surface area (Å²) in [6.45, 7) is 2.43. The molecule has 0 unspecified atom stereocenters. The van der Waals surface area contributed by atoms with Gasteiger partial charge in [-0.3, -0.25) is 14.5 Å². The average molecular weight is 419 g/mol. The molecule has 0 spiro atoms. The summed E-state index contributed by atoms with van der Waals surface area (Å²) in [5, 5.41) is 1.37. The van der Waals surface area contributed by atoms with Crippen molar-refractivity contribution in [2.75, 3.05) is 25.5 Å². The first-order valence-corrected chi connectivity index (χ1v) is 9.40. The van der Waals surface area contributed by atoms with Crippen LogP contribution in [0.5, 0.6) is 0 Å². The minimum Gasteiger partial charge on any atom is -0.314 e. The van der Waals surface area contributed by atoms with Crippen LogP contribution in [0.4, 0.5) is 5.69 Å². The molecule has 1 heterocycles. The van der Waals surface area contributed by atoms with Crippen LogP contribution in [0.2, 0.25) is 10.0 Å². The Balaban J connectivity index is 1.71. The van der Waals surface area contributed by atoms with Gasteiger partial charge in [-0.2, -0.15) is 0 Å². The topological polar surface area (TPSA) is 69.3 Å². The van der Waals surface area contributed by atoms with Gasteiger partial charge in [0.25, 0.3) is 5.56 Å². The van der Waals surface area contributed by atoms with Crippen molar-refractivity contribution in [2.24, 2.45) is 0 Å². The quantitative estimate of drug-likeness (QED) is 0.686. The van der Waals surface area contributed by atoms with E-state index < -0.39 is 0 Å². The van der Waals surface area contributed by atoms with Gasteiger partial charge in [-0.05, 0) is 49.9 Å². The number of amides is 1. The molecule has 3 aromatic rings. The third-order valence-electron chi connectivity index (χ3n) is 4.40. The number of halogens is 2. The Hall–Kier alpha value is -2.41. The van der Waals surface area contributed by atoms with Gasteiger partial charge in [-0.1, -0.05) is 29.3 Å². The highest BCUT2D eigenvalue weighted by molar-refractivity contribution is 6.42. The first kappa shape index (κ1) is 20.3. The molecular formula is C20H20Cl2N4O2. The molecule has 0 radical (unpaired) electrons. The standard InChI is InChI=1S/C20H20Cl2N4O2/c1-12-4-6-14-17(8-12)23-18(24-20(14)28)10-25(2)11-19(27)26(3)13-5-7-15(21)16(22)9-13/h4-9H,10-11H2,1-3H3,(H,23,24,28). The molecule has 0 aliphatic heterocycles. The Kier molecular flexibility index (Phi) is 6.03. The number of likely N-dealkylation sites (N-methyl/N-ethyl adjacent to an activating group) is 2. The minimum absolute atomic E-state index is 0.125. The normalized spacial score (nSPS) is 11.2. The second-order valence-electron chi connectivity index (χ2n) is 6.76. The highest BCUT2D eigenvalue weighted by Gasteiger charge is 2.16. The highest BCUT2D eigenvalue weighted by Crippen LogP contribution is 2.26. The molecule has 146 valence electrons. The van der Waals surface area contributed by atoms with E-state index in [2.05, 4.69) is 9.97 Å². The van der Waals surface area contributed by atoms with Gasteiger partial charge >= 0.3 is 0 Å². The molecule has 1 aromatic heterocycles. The minimum atomic E-state index is -0.187. The van der Waals surface area contributed by atoms with Gasteiger partial charge in [-0.25, -0.2) is 4.98 Å². The third kappa shape index (κ3) is 4.52. The van der Waals surface area contributed by atoms with Crippen molar-refractivity contribution in [1.82, 2.24) is 14.9 Å². The molecule has 0 aliphatic rings. The van der Waals surface area contributed by atoms with Gasteiger partial charge < -0.3 is 9.88 Å². The summed E-state index contributed by atoms with van der Waals surface area (Å²) >= 11 is 12.0. The Labute approximate surface area is 172 Å². The van der Waals surface area contributed by atoms with E-state index >= 15 is 0 Å². The van der Waals surface area contributed by atoms with Crippen molar-refractivity contribution >= 4 is 45.7 Å². The van der Waals surface area contributed by atoms with E-state index in [1.54, 1.807) is 43.3 Å². The van der Waals surface area contributed by atoms with Crippen molar-refractivity contribution in [3.63, 3.8) is 0 Å². The van der Waals surface area contributed by atoms with Crippen LogP contribution in [0, 0.1) is 6.92 Å². The van der Waals surface area contributed by atoms with E-state index in [9.17, 15) is 9.59 Å². The number of benzene rings is 2. The van der Waals surface area contributed by atoms with E-state index in [1.807, 2.05) is 19.1 Å². The first-order chi connectivity index (χ1) is 13.2.